The number of amides is 2. The standard InChI is InChI=1S/C20H23BrN4O2S/c21-14-5-4-6-16(11-14)25-10-7-17(19(25)27)18(26)23-20-22-15(13-28-20)12-24-8-2-1-3-9-24/h4-6,11,13,17H,1-3,7-10,12H2,(H,22,23,26). The van der Waals surface area contributed by atoms with Crippen molar-refractivity contribution < 1.29 is 9.59 Å². The molecule has 2 aromatic rings. The van der Waals surface area contributed by atoms with Crippen molar-refractivity contribution >= 4 is 49.9 Å². The molecule has 148 valence electrons. The van der Waals surface area contributed by atoms with Crippen molar-refractivity contribution in [1.29, 1.82) is 0 Å². The lowest BCUT2D eigenvalue weighted by Crippen LogP contribution is -2.33. The number of nitrogens with one attached hydrogen (secondary N) is 1. The van der Waals surface area contributed by atoms with E-state index in [1.54, 1.807) is 4.90 Å². The molecule has 0 radical (unpaired) electrons. The molecular formula is C20H23BrN4O2S. The van der Waals surface area contributed by atoms with Gasteiger partial charge >= 0.3 is 0 Å². The van der Waals surface area contributed by atoms with Crippen LogP contribution in [0.2, 0.25) is 0 Å². The minimum absolute atomic E-state index is 0.152. The molecule has 0 saturated carbocycles. The Morgan fingerprint density at radius 1 is 1.25 bits per heavy atom. The Morgan fingerprint density at radius 3 is 2.86 bits per heavy atom. The maximum atomic E-state index is 12.7. The summed E-state index contributed by atoms with van der Waals surface area (Å²) < 4.78 is 0.912. The highest BCUT2D eigenvalue weighted by Gasteiger charge is 2.38. The molecule has 1 aromatic heterocycles. The Balaban J connectivity index is 1.35. The number of nitrogens with zero attached hydrogens (tertiary/aromatic N) is 3. The van der Waals surface area contributed by atoms with Crippen molar-refractivity contribution in [3.63, 3.8) is 0 Å². The fraction of sp³-hybridized carbons (Fsp3) is 0.450. The second kappa shape index (κ2) is 8.71. The number of likely N-dealkylation sites (tertiary alicyclic amines) is 1. The van der Waals surface area contributed by atoms with E-state index in [4.69, 9.17) is 0 Å². The first-order valence-corrected chi connectivity index (χ1v) is 11.3. The summed E-state index contributed by atoms with van der Waals surface area (Å²) in [5.74, 6) is -1.07. The number of aromatic nitrogens is 1. The van der Waals surface area contributed by atoms with Crippen molar-refractivity contribution in [2.24, 2.45) is 5.92 Å². The fourth-order valence-corrected chi connectivity index (χ4v) is 4.89. The van der Waals surface area contributed by atoms with E-state index >= 15 is 0 Å². The number of benzene rings is 1. The molecule has 2 saturated heterocycles. The zero-order valence-corrected chi connectivity index (χ0v) is 18.0. The molecule has 0 spiro atoms. The van der Waals surface area contributed by atoms with E-state index in [0.29, 0.717) is 18.1 Å². The van der Waals surface area contributed by atoms with Gasteiger partial charge in [-0.15, -0.1) is 11.3 Å². The number of carbonyl (C=O) groups is 2. The highest BCUT2D eigenvalue weighted by atomic mass is 79.9. The minimum Gasteiger partial charge on any atom is -0.312 e. The molecule has 2 fully saturated rings. The molecule has 0 bridgehead atoms. The van der Waals surface area contributed by atoms with Crippen LogP contribution in [0.4, 0.5) is 10.8 Å². The normalized spacial score (nSPS) is 20.5. The van der Waals surface area contributed by atoms with Gasteiger partial charge in [0.05, 0.1) is 5.69 Å². The van der Waals surface area contributed by atoms with E-state index in [9.17, 15) is 9.59 Å². The first kappa shape index (κ1) is 19.5. The first-order chi connectivity index (χ1) is 13.6. The van der Waals surface area contributed by atoms with Gasteiger partial charge < -0.3 is 10.2 Å². The number of halogens is 1. The van der Waals surface area contributed by atoms with Crippen LogP contribution < -0.4 is 10.2 Å². The van der Waals surface area contributed by atoms with Gasteiger partial charge in [0.25, 0.3) is 0 Å². The van der Waals surface area contributed by atoms with Crippen LogP contribution in [0.3, 0.4) is 0 Å². The Hall–Kier alpha value is -1.77. The van der Waals surface area contributed by atoms with Crippen molar-refractivity contribution in [2.75, 3.05) is 29.9 Å². The van der Waals surface area contributed by atoms with Gasteiger partial charge in [-0.2, -0.15) is 0 Å². The number of carbonyl (C=O) groups excluding carboxylic acids is 2. The summed E-state index contributed by atoms with van der Waals surface area (Å²) in [7, 11) is 0. The molecule has 2 aliphatic rings. The zero-order valence-electron chi connectivity index (χ0n) is 15.6. The molecule has 1 aromatic carbocycles. The largest absolute Gasteiger partial charge is 0.312 e. The third-order valence-electron chi connectivity index (χ3n) is 5.26. The summed E-state index contributed by atoms with van der Waals surface area (Å²) in [5, 5.41) is 5.42. The minimum atomic E-state index is -0.659. The molecular weight excluding hydrogens is 440 g/mol. The van der Waals surface area contributed by atoms with Gasteiger partial charge in [-0.05, 0) is 50.6 Å². The summed E-state index contributed by atoms with van der Waals surface area (Å²) in [6.07, 6.45) is 4.31. The molecule has 1 N–H and O–H groups in total. The molecule has 8 heteroatoms. The van der Waals surface area contributed by atoms with E-state index in [0.717, 1.165) is 35.5 Å². The van der Waals surface area contributed by atoms with Gasteiger partial charge in [0, 0.05) is 28.6 Å². The van der Waals surface area contributed by atoms with E-state index in [2.05, 4.69) is 31.1 Å². The molecule has 3 heterocycles. The lowest BCUT2D eigenvalue weighted by molar-refractivity contribution is -0.129. The summed E-state index contributed by atoms with van der Waals surface area (Å²) in [5.41, 5.74) is 1.79. The van der Waals surface area contributed by atoms with Gasteiger partial charge in [-0.25, -0.2) is 4.98 Å². The number of rotatable bonds is 5. The molecule has 2 aliphatic heterocycles. The summed E-state index contributed by atoms with van der Waals surface area (Å²) in [6, 6.07) is 7.58. The van der Waals surface area contributed by atoms with E-state index in [1.807, 2.05) is 29.6 Å². The van der Waals surface area contributed by atoms with E-state index < -0.39 is 5.92 Å². The topological polar surface area (TPSA) is 65.5 Å². The van der Waals surface area contributed by atoms with E-state index in [1.165, 1.54) is 30.6 Å². The number of hydrogen-bond donors (Lipinski definition) is 1. The van der Waals surface area contributed by atoms with Gasteiger partial charge in [0.2, 0.25) is 11.8 Å². The van der Waals surface area contributed by atoms with Crippen LogP contribution in [0, 0.1) is 5.92 Å². The maximum Gasteiger partial charge on any atom is 0.239 e. The predicted octanol–water partition coefficient (Wildman–Crippen LogP) is 3.88. The van der Waals surface area contributed by atoms with Crippen LogP contribution >= 0.6 is 27.3 Å². The second-order valence-corrected chi connectivity index (χ2v) is 9.05. The SMILES string of the molecule is O=C(Nc1nc(CN2CCCCC2)cs1)C1CCN(c2cccc(Br)c2)C1=O. The van der Waals surface area contributed by atoms with Crippen LogP contribution in [0.5, 0.6) is 0 Å². The van der Waals surface area contributed by atoms with Crippen LogP contribution in [0.15, 0.2) is 34.1 Å². The molecule has 4 rings (SSSR count). The summed E-state index contributed by atoms with van der Waals surface area (Å²) in [6.45, 7) is 3.60. The fourth-order valence-electron chi connectivity index (χ4n) is 3.80. The van der Waals surface area contributed by atoms with Crippen LogP contribution in [0.1, 0.15) is 31.4 Å². The Morgan fingerprint density at radius 2 is 2.07 bits per heavy atom. The number of anilines is 2. The quantitative estimate of drug-likeness (QED) is 0.684. The molecule has 6 nitrogen and oxygen atoms in total. The van der Waals surface area contributed by atoms with Gasteiger partial charge in [0.15, 0.2) is 5.13 Å². The number of piperidine rings is 1. The maximum absolute atomic E-state index is 12.7. The smallest absolute Gasteiger partial charge is 0.239 e. The molecule has 0 aliphatic carbocycles. The monoisotopic (exact) mass is 462 g/mol. The Bertz CT molecular complexity index is 865. The van der Waals surface area contributed by atoms with Crippen molar-refractivity contribution in [2.45, 2.75) is 32.2 Å². The van der Waals surface area contributed by atoms with E-state index in [-0.39, 0.29) is 11.8 Å². The van der Waals surface area contributed by atoms with Crippen molar-refractivity contribution in [1.82, 2.24) is 9.88 Å². The lowest BCUT2D eigenvalue weighted by atomic mass is 10.1. The summed E-state index contributed by atoms with van der Waals surface area (Å²) in [4.78, 5) is 34.0. The highest BCUT2D eigenvalue weighted by molar-refractivity contribution is 9.10. The average Bonchev–Trinajstić information content (AvgIpc) is 3.29. The second-order valence-electron chi connectivity index (χ2n) is 7.28. The highest BCUT2D eigenvalue weighted by Crippen LogP contribution is 2.28. The third-order valence-corrected chi connectivity index (χ3v) is 6.56. The van der Waals surface area contributed by atoms with Crippen LogP contribution in [-0.4, -0.2) is 41.3 Å². The van der Waals surface area contributed by atoms with Gasteiger partial charge in [0.1, 0.15) is 5.92 Å². The van der Waals surface area contributed by atoms with Crippen LogP contribution in [0.25, 0.3) is 0 Å². The first-order valence-electron chi connectivity index (χ1n) is 9.65. The van der Waals surface area contributed by atoms with Crippen molar-refractivity contribution in [3.05, 3.63) is 39.8 Å². The Labute approximate surface area is 177 Å². The van der Waals surface area contributed by atoms with Gasteiger partial charge in [-0.1, -0.05) is 28.4 Å². The average molecular weight is 463 g/mol. The molecule has 2 amide bonds. The number of thiazole rings is 1. The van der Waals surface area contributed by atoms with Crippen LogP contribution in [-0.2, 0) is 16.1 Å². The predicted molar refractivity (Wildman–Crippen MR) is 114 cm³/mol. The van der Waals surface area contributed by atoms with Crippen molar-refractivity contribution in [3.8, 4) is 0 Å². The number of hydrogen-bond acceptors (Lipinski definition) is 5. The zero-order chi connectivity index (χ0) is 19.5. The lowest BCUT2D eigenvalue weighted by Gasteiger charge is -2.25. The Kier molecular flexibility index (Phi) is 6.08. The molecule has 28 heavy (non-hydrogen) atoms. The third kappa shape index (κ3) is 4.45. The van der Waals surface area contributed by atoms with Gasteiger partial charge in [-0.3, -0.25) is 14.5 Å². The molecule has 1 unspecified atom stereocenters. The molecule has 1 atom stereocenters. The summed E-state index contributed by atoms with van der Waals surface area (Å²) >= 11 is 4.85.